The monoisotopic (exact) mass is 258 g/mol. The van der Waals surface area contributed by atoms with E-state index in [1.165, 1.54) is 50.0 Å². The molecule has 1 fully saturated rings. The highest BCUT2D eigenvalue weighted by Gasteiger charge is 2.29. The summed E-state index contributed by atoms with van der Waals surface area (Å²) in [5, 5.41) is 3.65. The van der Waals surface area contributed by atoms with Gasteiger partial charge in [-0.2, -0.15) is 0 Å². The van der Waals surface area contributed by atoms with Crippen molar-refractivity contribution in [3.8, 4) is 0 Å². The van der Waals surface area contributed by atoms with Crippen LogP contribution >= 0.6 is 0 Å². The lowest BCUT2D eigenvalue weighted by Gasteiger charge is -2.40. The van der Waals surface area contributed by atoms with E-state index in [9.17, 15) is 0 Å². The van der Waals surface area contributed by atoms with E-state index in [4.69, 9.17) is 0 Å². The first-order chi connectivity index (χ1) is 9.28. The van der Waals surface area contributed by atoms with Gasteiger partial charge in [0.25, 0.3) is 0 Å². The van der Waals surface area contributed by atoms with E-state index in [2.05, 4.69) is 42.3 Å². The molecular formula is C17H26N2. The maximum absolute atomic E-state index is 3.65. The molecule has 2 aliphatic heterocycles. The fourth-order valence-electron chi connectivity index (χ4n) is 3.60. The number of hydrogen-bond acceptors (Lipinski definition) is 2. The number of benzene rings is 1. The second-order valence-electron chi connectivity index (χ2n) is 6.17. The van der Waals surface area contributed by atoms with Crippen molar-refractivity contribution >= 4 is 5.69 Å². The normalized spacial score (nSPS) is 27.7. The topological polar surface area (TPSA) is 15.3 Å². The zero-order valence-electron chi connectivity index (χ0n) is 12.3. The summed E-state index contributed by atoms with van der Waals surface area (Å²) in [5.74, 6) is 0. The van der Waals surface area contributed by atoms with Crippen LogP contribution in [-0.4, -0.2) is 24.0 Å². The number of rotatable bonds is 2. The fourth-order valence-corrected chi connectivity index (χ4v) is 3.60. The highest BCUT2D eigenvalue weighted by atomic mass is 15.2. The molecule has 0 spiro atoms. The summed E-state index contributed by atoms with van der Waals surface area (Å²) < 4.78 is 0. The first-order valence-electron chi connectivity index (χ1n) is 7.91. The van der Waals surface area contributed by atoms with Crippen LogP contribution < -0.4 is 5.32 Å². The van der Waals surface area contributed by atoms with E-state index in [-0.39, 0.29) is 0 Å². The van der Waals surface area contributed by atoms with Crippen molar-refractivity contribution in [1.82, 2.24) is 4.90 Å². The van der Waals surface area contributed by atoms with Gasteiger partial charge in [0.15, 0.2) is 0 Å². The van der Waals surface area contributed by atoms with Gasteiger partial charge in [-0.15, -0.1) is 0 Å². The van der Waals surface area contributed by atoms with Crippen molar-refractivity contribution in [3.63, 3.8) is 0 Å². The highest BCUT2D eigenvalue weighted by Crippen LogP contribution is 2.38. The minimum absolute atomic E-state index is 0.590. The molecule has 0 radical (unpaired) electrons. The molecule has 1 aromatic carbocycles. The second kappa shape index (κ2) is 5.54. The van der Waals surface area contributed by atoms with Crippen LogP contribution in [0.1, 0.15) is 56.7 Å². The predicted octanol–water partition coefficient (Wildman–Crippen LogP) is 3.98. The molecule has 1 N–H and O–H groups in total. The lowest BCUT2D eigenvalue weighted by molar-refractivity contribution is 0.149. The summed E-state index contributed by atoms with van der Waals surface area (Å²) >= 11 is 0. The van der Waals surface area contributed by atoms with Crippen molar-refractivity contribution in [2.45, 2.75) is 58.0 Å². The van der Waals surface area contributed by atoms with E-state index < -0.39 is 0 Å². The quantitative estimate of drug-likeness (QED) is 0.863. The largest absolute Gasteiger partial charge is 0.382 e. The summed E-state index contributed by atoms with van der Waals surface area (Å²) in [6.45, 7) is 7.13. The summed E-state index contributed by atoms with van der Waals surface area (Å²) in [4.78, 5) is 2.72. The SMILES string of the molecule is CCc1ccc2c(c1)C(N1CCCCC1)CC(C)N2. The van der Waals surface area contributed by atoms with Crippen LogP contribution in [0, 0.1) is 0 Å². The Morgan fingerprint density at radius 1 is 1.21 bits per heavy atom. The highest BCUT2D eigenvalue weighted by molar-refractivity contribution is 5.57. The molecule has 0 amide bonds. The number of fused-ring (bicyclic) bond motifs is 1. The van der Waals surface area contributed by atoms with Crippen LogP contribution in [0.2, 0.25) is 0 Å². The third-order valence-corrected chi connectivity index (χ3v) is 4.69. The van der Waals surface area contributed by atoms with Gasteiger partial charge in [0, 0.05) is 17.8 Å². The van der Waals surface area contributed by atoms with Gasteiger partial charge in [-0.05, 0) is 62.9 Å². The minimum Gasteiger partial charge on any atom is -0.382 e. The first-order valence-corrected chi connectivity index (χ1v) is 7.91. The molecule has 0 saturated carbocycles. The standard InChI is InChI=1S/C17H26N2/c1-3-14-7-8-16-15(12-14)17(11-13(2)18-16)19-9-5-4-6-10-19/h7-8,12-13,17-18H,3-6,9-11H2,1-2H3. The molecule has 1 aromatic rings. The van der Waals surface area contributed by atoms with Gasteiger partial charge in [0.05, 0.1) is 0 Å². The van der Waals surface area contributed by atoms with Gasteiger partial charge in [0.1, 0.15) is 0 Å². The number of likely N-dealkylation sites (tertiary alicyclic amines) is 1. The molecule has 19 heavy (non-hydrogen) atoms. The van der Waals surface area contributed by atoms with Crippen LogP contribution in [0.25, 0.3) is 0 Å². The molecule has 3 rings (SSSR count). The smallest absolute Gasteiger partial charge is 0.0391 e. The van der Waals surface area contributed by atoms with E-state index in [1.54, 1.807) is 5.56 Å². The maximum atomic E-state index is 3.65. The third-order valence-electron chi connectivity index (χ3n) is 4.69. The lowest BCUT2D eigenvalue weighted by Crippen LogP contribution is -2.39. The summed E-state index contributed by atoms with van der Waals surface area (Å²) in [5.41, 5.74) is 4.38. The number of nitrogens with one attached hydrogen (secondary N) is 1. The van der Waals surface area contributed by atoms with Crippen LogP contribution in [0.15, 0.2) is 18.2 Å². The average molecular weight is 258 g/mol. The molecule has 2 heterocycles. The van der Waals surface area contributed by atoms with Gasteiger partial charge in [-0.1, -0.05) is 25.5 Å². The van der Waals surface area contributed by atoms with Crippen molar-refractivity contribution in [2.24, 2.45) is 0 Å². The van der Waals surface area contributed by atoms with Gasteiger partial charge >= 0.3 is 0 Å². The minimum atomic E-state index is 0.590. The van der Waals surface area contributed by atoms with Crippen molar-refractivity contribution in [2.75, 3.05) is 18.4 Å². The number of nitrogens with zero attached hydrogens (tertiary/aromatic N) is 1. The second-order valence-corrected chi connectivity index (χ2v) is 6.17. The summed E-state index contributed by atoms with van der Waals surface area (Å²) in [6, 6.07) is 8.23. The molecule has 2 atom stereocenters. The summed E-state index contributed by atoms with van der Waals surface area (Å²) in [7, 11) is 0. The van der Waals surface area contributed by atoms with E-state index in [0.29, 0.717) is 12.1 Å². The van der Waals surface area contributed by atoms with Crippen LogP contribution in [0.3, 0.4) is 0 Å². The molecule has 0 bridgehead atoms. The van der Waals surface area contributed by atoms with Gasteiger partial charge in [-0.3, -0.25) is 4.90 Å². The number of piperidine rings is 1. The first kappa shape index (κ1) is 13.0. The molecule has 0 aliphatic carbocycles. The molecular weight excluding hydrogens is 232 g/mol. The van der Waals surface area contributed by atoms with E-state index in [0.717, 1.165) is 6.42 Å². The van der Waals surface area contributed by atoms with Crippen LogP contribution in [0.4, 0.5) is 5.69 Å². The summed E-state index contributed by atoms with van der Waals surface area (Å²) in [6.07, 6.45) is 6.55. The van der Waals surface area contributed by atoms with Crippen molar-refractivity contribution in [1.29, 1.82) is 0 Å². The zero-order valence-corrected chi connectivity index (χ0v) is 12.3. The number of anilines is 1. The molecule has 1 saturated heterocycles. The Balaban J connectivity index is 1.92. The van der Waals surface area contributed by atoms with Crippen LogP contribution in [-0.2, 0) is 6.42 Å². The fraction of sp³-hybridized carbons (Fsp3) is 0.647. The van der Waals surface area contributed by atoms with Crippen molar-refractivity contribution < 1.29 is 0 Å². The zero-order chi connectivity index (χ0) is 13.2. The van der Waals surface area contributed by atoms with E-state index >= 15 is 0 Å². The van der Waals surface area contributed by atoms with Gasteiger partial charge in [0.2, 0.25) is 0 Å². The number of aryl methyl sites for hydroxylation is 1. The Kier molecular flexibility index (Phi) is 3.79. The number of hydrogen-bond donors (Lipinski definition) is 1. The Hall–Kier alpha value is -1.02. The molecule has 2 nitrogen and oxygen atoms in total. The Labute approximate surface area is 117 Å². The molecule has 2 unspecified atom stereocenters. The average Bonchev–Trinajstić information content (AvgIpc) is 2.47. The Morgan fingerprint density at radius 3 is 2.74 bits per heavy atom. The van der Waals surface area contributed by atoms with Crippen molar-refractivity contribution in [3.05, 3.63) is 29.3 Å². The Bertz CT molecular complexity index is 435. The maximum Gasteiger partial charge on any atom is 0.0391 e. The van der Waals surface area contributed by atoms with Gasteiger partial charge < -0.3 is 5.32 Å². The van der Waals surface area contributed by atoms with E-state index in [1.807, 2.05) is 0 Å². The Morgan fingerprint density at radius 2 is 2.00 bits per heavy atom. The van der Waals surface area contributed by atoms with Crippen LogP contribution in [0.5, 0.6) is 0 Å². The molecule has 2 aliphatic rings. The van der Waals surface area contributed by atoms with Gasteiger partial charge in [-0.25, -0.2) is 0 Å². The lowest BCUT2D eigenvalue weighted by atomic mass is 9.89. The molecule has 0 aromatic heterocycles. The third kappa shape index (κ3) is 2.64. The molecule has 2 heteroatoms. The molecule has 104 valence electrons. The predicted molar refractivity (Wildman–Crippen MR) is 81.7 cm³/mol.